The minimum absolute atomic E-state index is 0.217. The Bertz CT molecular complexity index is 354. The summed E-state index contributed by atoms with van der Waals surface area (Å²) in [6.07, 6.45) is -2.33. The lowest BCUT2D eigenvalue weighted by atomic mass is 10.2. The Kier molecular flexibility index (Phi) is 3.46. The fourth-order valence-electron chi connectivity index (χ4n) is 0.863. The highest BCUT2D eigenvalue weighted by atomic mass is 79.9. The quantitative estimate of drug-likeness (QED) is 0.911. The zero-order chi connectivity index (χ0) is 10.7. The van der Waals surface area contributed by atoms with E-state index in [0.717, 1.165) is 0 Å². The number of hydrogen-bond acceptors (Lipinski definition) is 2. The van der Waals surface area contributed by atoms with Crippen molar-refractivity contribution in [2.24, 2.45) is 0 Å². The van der Waals surface area contributed by atoms with Crippen LogP contribution in [0, 0.1) is 6.92 Å². The fraction of sp³-hybridized carbons (Fsp3) is 0.222. The Labute approximate surface area is 88.6 Å². The minimum atomic E-state index is -2.33. The first-order valence-corrected chi connectivity index (χ1v) is 4.59. The maximum atomic E-state index is 12.7. The molecular weight excluding hydrogens is 255 g/mol. The van der Waals surface area contributed by atoms with Crippen LogP contribution < -0.4 is 4.74 Å². The van der Waals surface area contributed by atoms with E-state index in [4.69, 9.17) is 5.11 Å². The Morgan fingerprint density at radius 1 is 1.64 bits per heavy atom. The van der Waals surface area contributed by atoms with Crippen LogP contribution in [0.4, 0.5) is 4.39 Å². The maximum Gasteiger partial charge on any atom is 0.378 e. The van der Waals surface area contributed by atoms with E-state index in [1.807, 2.05) is 0 Å². The lowest BCUT2D eigenvalue weighted by molar-refractivity contribution is -0.153. The lowest BCUT2D eigenvalue weighted by Gasteiger charge is -2.10. The molecule has 1 rings (SSSR count). The third-order valence-corrected chi connectivity index (χ3v) is 2.07. The molecule has 0 spiro atoms. The van der Waals surface area contributed by atoms with Crippen molar-refractivity contribution < 1.29 is 19.0 Å². The molecule has 5 heteroatoms. The van der Waals surface area contributed by atoms with Crippen molar-refractivity contribution in [2.75, 3.05) is 0 Å². The number of hydrogen-bond donors (Lipinski definition) is 1. The number of benzene rings is 1. The van der Waals surface area contributed by atoms with E-state index in [0.29, 0.717) is 10.0 Å². The van der Waals surface area contributed by atoms with E-state index in [1.165, 1.54) is 6.07 Å². The van der Waals surface area contributed by atoms with Crippen LogP contribution in [0.1, 0.15) is 5.56 Å². The standard InChI is InChI=1S/C9H8BrFO3/c1-5-2-3-6(10)4-7(5)14-8(11)9(12)13/h2-4,8H,1H3,(H,12,13). The normalized spacial score (nSPS) is 12.2. The van der Waals surface area contributed by atoms with Crippen LogP contribution in [0.2, 0.25) is 0 Å². The third-order valence-electron chi connectivity index (χ3n) is 1.57. The van der Waals surface area contributed by atoms with Gasteiger partial charge in [-0.05, 0) is 24.6 Å². The zero-order valence-corrected chi connectivity index (χ0v) is 8.92. The summed E-state index contributed by atoms with van der Waals surface area (Å²) < 4.78 is 18.0. The average molecular weight is 263 g/mol. The Morgan fingerprint density at radius 2 is 2.29 bits per heavy atom. The molecule has 0 amide bonds. The molecule has 0 aliphatic rings. The molecule has 0 saturated carbocycles. The Morgan fingerprint density at radius 3 is 2.86 bits per heavy atom. The van der Waals surface area contributed by atoms with Gasteiger partial charge in [-0.25, -0.2) is 4.79 Å². The summed E-state index contributed by atoms with van der Waals surface area (Å²) in [6.45, 7) is 1.70. The highest BCUT2D eigenvalue weighted by Gasteiger charge is 2.18. The van der Waals surface area contributed by atoms with E-state index in [2.05, 4.69) is 20.7 Å². The maximum absolute atomic E-state index is 12.7. The van der Waals surface area contributed by atoms with E-state index < -0.39 is 12.3 Å². The number of carboxylic acids is 1. The van der Waals surface area contributed by atoms with Crippen LogP contribution in [-0.2, 0) is 4.79 Å². The summed E-state index contributed by atoms with van der Waals surface area (Å²) in [5.41, 5.74) is 0.678. The van der Waals surface area contributed by atoms with Gasteiger partial charge >= 0.3 is 12.3 Å². The van der Waals surface area contributed by atoms with Crippen molar-refractivity contribution in [1.29, 1.82) is 0 Å². The van der Waals surface area contributed by atoms with Gasteiger partial charge in [-0.1, -0.05) is 22.0 Å². The molecule has 0 aromatic heterocycles. The third kappa shape index (κ3) is 2.70. The number of ether oxygens (including phenoxy) is 1. The molecule has 3 nitrogen and oxygen atoms in total. The van der Waals surface area contributed by atoms with Gasteiger partial charge in [0.15, 0.2) is 0 Å². The van der Waals surface area contributed by atoms with E-state index in [9.17, 15) is 9.18 Å². The van der Waals surface area contributed by atoms with Crippen LogP contribution in [-0.4, -0.2) is 17.4 Å². The van der Waals surface area contributed by atoms with E-state index >= 15 is 0 Å². The fourth-order valence-corrected chi connectivity index (χ4v) is 1.20. The van der Waals surface area contributed by atoms with Crippen molar-refractivity contribution >= 4 is 21.9 Å². The van der Waals surface area contributed by atoms with Crippen LogP contribution in [0.5, 0.6) is 5.75 Å². The monoisotopic (exact) mass is 262 g/mol. The highest BCUT2D eigenvalue weighted by Crippen LogP contribution is 2.24. The molecule has 14 heavy (non-hydrogen) atoms. The molecule has 0 bridgehead atoms. The van der Waals surface area contributed by atoms with Gasteiger partial charge in [0.2, 0.25) is 0 Å². The first-order chi connectivity index (χ1) is 6.50. The molecular formula is C9H8BrFO3. The predicted octanol–water partition coefficient (Wildman–Crippen LogP) is 2.52. The van der Waals surface area contributed by atoms with Gasteiger partial charge in [-0.2, -0.15) is 4.39 Å². The predicted molar refractivity (Wildman–Crippen MR) is 52.0 cm³/mol. The summed E-state index contributed by atoms with van der Waals surface area (Å²) in [4.78, 5) is 10.2. The van der Waals surface area contributed by atoms with Gasteiger partial charge in [0.1, 0.15) is 5.75 Å². The second-order valence-corrected chi connectivity index (χ2v) is 3.60. The Hall–Kier alpha value is -1.10. The summed E-state index contributed by atoms with van der Waals surface area (Å²) in [5.74, 6) is -1.42. The largest absolute Gasteiger partial charge is 0.476 e. The molecule has 76 valence electrons. The number of alkyl halides is 1. The second-order valence-electron chi connectivity index (χ2n) is 2.68. The number of halogens is 2. The molecule has 0 saturated heterocycles. The molecule has 0 aliphatic heterocycles. The van der Waals surface area contributed by atoms with Gasteiger partial charge in [0.25, 0.3) is 0 Å². The highest BCUT2D eigenvalue weighted by molar-refractivity contribution is 9.10. The van der Waals surface area contributed by atoms with Gasteiger partial charge < -0.3 is 9.84 Å². The summed E-state index contributed by atoms with van der Waals surface area (Å²) in [7, 11) is 0. The molecule has 1 N–H and O–H groups in total. The number of aliphatic carboxylic acids is 1. The van der Waals surface area contributed by atoms with Gasteiger partial charge in [-0.3, -0.25) is 0 Å². The summed E-state index contributed by atoms with van der Waals surface area (Å²) >= 11 is 3.17. The number of carbonyl (C=O) groups is 1. The van der Waals surface area contributed by atoms with E-state index in [-0.39, 0.29) is 5.75 Å². The van der Waals surface area contributed by atoms with Crippen molar-refractivity contribution in [3.63, 3.8) is 0 Å². The van der Waals surface area contributed by atoms with Gasteiger partial charge in [0.05, 0.1) is 0 Å². The number of rotatable bonds is 3. The van der Waals surface area contributed by atoms with Crippen molar-refractivity contribution in [1.82, 2.24) is 0 Å². The minimum Gasteiger partial charge on any atom is -0.476 e. The first kappa shape index (κ1) is 11.0. The van der Waals surface area contributed by atoms with Crippen molar-refractivity contribution in [3.8, 4) is 5.75 Å². The van der Waals surface area contributed by atoms with Crippen LogP contribution in [0.25, 0.3) is 0 Å². The molecule has 1 unspecified atom stereocenters. The smallest absolute Gasteiger partial charge is 0.378 e. The van der Waals surface area contributed by atoms with Gasteiger partial charge in [-0.15, -0.1) is 0 Å². The number of aryl methyl sites for hydroxylation is 1. The van der Waals surface area contributed by atoms with Crippen molar-refractivity contribution in [2.45, 2.75) is 13.3 Å². The van der Waals surface area contributed by atoms with Crippen LogP contribution in [0.15, 0.2) is 22.7 Å². The molecule has 1 aromatic carbocycles. The first-order valence-electron chi connectivity index (χ1n) is 3.80. The molecule has 0 aliphatic carbocycles. The number of carboxylic acid groups (broad SMARTS) is 1. The topological polar surface area (TPSA) is 46.5 Å². The lowest BCUT2D eigenvalue weighted by Crippen LogP contribution is -2.21. The molecule has 1 atom stereocenters. The molecule has 0 radical (unpaired) electrons. The SMILES string of the molecule is Cc1ccc(Br)cc1OC(F)C(=O)O. The van der Waals surface area contributed by atoms with Crippen LogP contribution in [0.3, 0.4) is 0 Å². The average Bonchev–Trinajstić information content (AvgIpc) is 2.11. The van der Waals surface area contributed by atoms with Crippen molar-refractivity contribution in [3.05, 3.63) is 28.2 Å². The van der Waals surface area contributed by atoms with Crippen LogP contribution >= 0.6 is 15.9 Å². The summed E-state index contributed by atoms with van der Waals surface area (Å²) in [5, 5.41) is 8.29. The van der Waals surface area contributed by atoms with E-state index in [1.54, 1.807) is 19.1 Å². The Balaban J connectivity index is 2.85. The van der Waals surface area contributed by atoms with Gasteiger partial charge in [0, 0.05) is 4.47 Å². The molecule has 0 heterocycles. The second kappa shape index (κ2) is 4.41. The molecule has 0 fully saturated rings. The molecule has 1 aromatic rings. The summed E-state index contributed by atoms with van der Waals surface area (Å²) in [6, 6.07) is 4.98. The zero-order valence-electron chi connectivity index (χ0n) is 7.33.